The van der Waals surface area contributed by atoms with Gasteiger partial charge in [0.25, 0.3) is 0 Å². The molecule has 0 aliphatic heterocycles. The van der Waals surface area contributed by atoms with Crippen molar-refractivity contribution in [2.24, 2.45) is 0 Å². The summed E-state index contributed by atoms with van der Waals surface area (Å²) in [6.45, 7) is 0.639. The molecule has 17 heavy (non-hydrogen) atoms. The highest BCUT2D eigenvalue weighted by atomic mass is 15.3. The third kappa shape index (κ3) is 2.83. The Balaban J connectivity index is 2.10. The third-order valence-electron chi connectivity index (χ3n) is 2.15. The second kappa shape index (κ2) is 4.69. The van der Waals surface area contributed by atoms with Crippen LogP contribution >= 0.6 is 0 Å². The van der Waals surface area contributed by atoms with E-state index in [1.54, 1.807) is 4.90 Å². The highest BCUT2D eigenvalue weighted by Crippen LogP contribution is 2.10. The zero-order chi connectivity index (χ0) is 12.3. The summed E-state index contributed by atoms with van der Waals surface area (Å²) in [6, 6.07) is 1.98. The molecule has 0 aliphatic rings. The molecular weight excluding hydrogens is 218 g/mol. The van der Waals surface area contributed by atoms with Gasteiger partial charge in [-0.25, -0.2) is 0 Å². The van der Waals surface area contributed by atoms with Crippen molar-refractivity contribution in [3.8, 4) is 0 Å². The Morgan fingerprint density at radius 3 is 2.82 bits per heavy atom. The number of nitrogens with two attached hydrogens (primary N) is 1. The molecule has 0 aliphatic carbocycles. The first-order chi connectivity index (χ1) is 8.15. The van der Waals surface area contributed by atoms with Gasteiger partial charge in [0.15, 0.2) is 0 Å². The summed E-state index contributed by atoms with van der Waals surface area (Å²) in [7, 11) is 3.70. The molecule has 0 aromatic carbocycles. The monoisotopic (exact) mass is 233 g/mol. The average molecular weight is 233 g/mol. The summed E-state index contributed by atoms with van der Waals surface area (Å²) in [4.78, 5) is 17.0. The molecule has 0 radical (unpaired) electrons. The summed E-state index contributed by atoms with van der Waals surface area (Å²) in [5.74, 6) is 1.22. The largest absolute Gasteiger partial charge is 0.368 e. The van der Waals surface area contributed by atoms with E-state index in [9.17, 15) is 0 Å². The van der Waals surface area contributed by atoms with Crippen LogP contribution in [0.5, 0.6) is 0 Å². The molecule has 0 saturated heterocycles. The number of anilines is 3. The van der Waals surface area contributed by atoms with Crippen molar-refractivity contribution in [2.45, 2.75) is 6.54 Å². The lowest BCUT2D eigenvalue weighted by atomic mass is 10.3. The third-order valence-corrected chi connectivity index (χ3v) is 2.15. The molecule has 0 unspecified atom stereocenters. The van der Waals surface area contributed by atoms with Crippen molar-refractivity contribution in [1.82, 2.24) is 19.9 Å². The molecule has 0 atom stereocenters. The summed E-state index contributed by atoms with van der Waals surface area (Å²) >= 11 is 0. The van der Waals surface area contributed by atoms with Gasteiger partial charge >= 0.3 is 0 Å². The average Bonchev–Trinajstić information content (AvgIpc) is 2.78. The van der Waals surface area contributed by atoms with Crippen LogP contribution in [0.25, 0.3) is 0 Å². The van der Waals surface area contributed by atoms with Crippen molar-refractivity contribution >= 4 is 17.8 Å². The highest BCUT2D eigenvalue weighted by Gasteiger charge is 2.05. The molecule has 0 amide bonds. The van der Waals surface area contributed by atoms with E-state index in [0.717, 1.165) is 5.56 Å². The normalized spacial score (nSPS) is 10.2. The summed E-state index contributed by atoms with van der Waals surface area (Å²) in [5.41, 5.74) is 6.73. The highest BCUT2D eigenvalue weighted by molar-refractivity contribution is 5.41. The lowest BCUT2D eigenvalue weighted by Crippen LogP contribution is -2.16. The lowest BCUT2D eigenvalue weighted by molar-refractivity contribution is 0.950. The Hall–Kier alpha value is -2.31. The molecule has 2 aromatic heterocycles. The Kier molecular flexibility index (Phi) is 3.08. The number of hydrogen-bond acceptors (Lipinski definition) is 6. The van der Waals surface area contributed by atoms with Gasteiger partial charge in [0.2, 0.25) is 17.8 Å². The van der Waals surface area contributed by atoms with Crippen molar-refractivity contribution in [3.63, 3.8) is 0 Å². The number of nitrogen functional groups attached to an aromatic ring is 1. The molecule has 7 nitrogen and oxygen atoms in total. The molecule has 7 heteroatoms. The van der Waals surface area contributed by atoms with Gasteiger partial charge in [-0.2, -0.15) is 15.0 Å². The first-order valence-electron chi connectivity index (χ1n) is 5.19. The Morgan fingerprint density at radius 2 is 2.18 bits per heavy atom. The molecule has 0 spiro atoms. The Bertz CT molecular complexity index is 477. The van der Waals surface area contributed by atoms with E-state index in [0.29, 0.717) is 18.4 Å². The van der Waals surface area contributed by atoms with E-state index < -0.39 is 0 Å². The van der Waals surface area contributed by atoms with E-state index in [1.807, 2.05) is 32.6 Å². The van der Waals surface area contributed by atoms with Gasteiger partial charge in [-0.15, -0.1) is 0 Å². The van der Waals surface area contributed by atoms with Gasteiger partial charge in [0.1, 0.15) is 0 Å². The van der Waals surface area contributed by atoms with Crippen molar-refractivity contribution in [1.29, 1.82) is 0 Å². The van der Waals surface area contributed by atoms with E-state index in [4.69, 9.17) is 5.73 Å². The van der Waals surface area contributed by atoms with Gasteiger partial charge in [0.05, 0.1) is 0 Å². The maximum absolute atomic E-state index is 5.61. The molecular formula is C10H15N7. The maximum atomic E-state index is 5.61. The number of H-pyrrole nitrogens is 1. The number of aromatic nitrogens is 4. The fourth-order valence-electron chi connectivity index (χ4n) is 1.31. The van der Waals surface area contributed by atoms with Crippen LogP contribution in [-0.2, 0) is 6.54 Å². The minimum atomic E-state index is 0.209. The first-order valence-corrected chi connectivity index (χ1v) is 5.19. The van der Waals surface area contributed by atoms with Gasteiger partial charge in [-0.1, -0.05) is 0 Å². The van der Waals surface area contributed by atoms with Crippen LogP contribution < -0.4 is 16.0 Å². The number of nitrogens with one attached hydrogen (secondary N) is 2. The molecule has 0 saturated carbocycles. The molecule has 2 aromatic rings. The van der Waals surface area contributed by atoms with E-state index in [2.05, 4.69) is 25.3 Å². The summed E-state index contributed by atoms with van der Waals surface area (Å²) in [5, 5.41) is 3.09. The number of hydrogen-bond donors (Lipinski definition) is 3. The minimum Gasteiger partial charge on any atom is -0.368 e. The molecule has 2 heterocycles. The minimum absolute atomic E-state index is 0.209. The van der Waals surface area contributed by atoms with Crippen LogP contribution in [0, 0.1) is 0 Å². The number of rotatable bonds is 4. The molecule has 2 rings (SSSR count). The quantitative estimate of drug-likeness (QED) is 0.710. The van der Waals surface area contributed by atoms with Crippen LogP contribution in [-0.4, -0.2) is 34.0 Å². The number of nitrogens with zero attached hydrogens (tertiary/aromatic N) is 4. The Labute approximate surface area is 99.1 Å². The van der Waals surface area contributed by atoms with Crippen molar-refractivity contribution < 1.29 is 0 Å². The van der Waals surface area contributed by atoms with Gasteiger partial charge < -0.3 is 20.9 Å². The summed E-state index contributed by atoms with van der Waals surface area (Å²) < 4.78 is 0. The van der Waals surface area contributed by atoms with Gasteiger partial charge in [0, 0.05) is 33.0 Å². The second-order valence-electron chi connectivity index (χ2n) is 3.78. The maximum Gasteiger partial charge on any atom is 0.231 e. The zero-order valence-corrected chi connectivity index (χ0v) is 9.81. The topological polar surface area (TPSA) is 95.8 Å². The van der Waals surface area contributed by atoms with Gasteiger partial charge in [-0.3, -0.25) is 0 Å². The van der Waals surface area contributed by atoms with Crippen molar-refractivity contribution in [2.75, 3.05) is 30.0 Å². The van der Waals surface area contributed by atoms with Crippen LogP contribution in [0.15, 0.2) is 18.5 Å². The second-order valence-corrected chi connectivity index (χ2v) is 3.78. The van der Waals surface area contributed by atoms with Crippen LogP contribution in [0.1, 0.15) is 5.56 Å². The van der Waals surface area contributed by atoms with Crippen LogP contribution in [0.3, 0.4) is 0 Å². The fourth-order valence-corrected chi connectivity index (χ4v) is 1.31. The molecule has 4 N–H and O–H groups in total. The van der Waals surface area contributed by atoms with Crippen molar-refractivity contribution in [3.05, 3.63) is 24.0 Å². The molecule has 0 fully saturated rings. The van der Waals surface area contributed by atoms with Gasteiger partial charge in [-0.05, 0) is 11.6 Å². The van der Waals surface area contributed by atoms with E-state index >= 15 is 0 Å². The van der Waals surface area contributed by atoms with Crippen LogP contribution in [0.2, 0.25) is 0 Å². The number of aromatic amines is 1. The predicted molar refractivity (Wildman–Crippen MR) is 66.7 cm³/mol. The van der Waals surface area contributed by atoms with E-state index in [-0.39, 0.29) is 5.95 Å². The molecule has 0 bridgehead atoms. The standard InChI is InChI=1S/C10H15N7/c1-17(2)10-15-8(11)14-9(16-10)13-6-7-3-4-12-5-7/h3-5,12H,6H2,1-2H3,(H3,11,13,14,15,16). The predicted octanol–water partition coefficient (Wildman–Crippen LogP) is 0.460. The Morgan fingerprint density at radius 1 is 1.35 bits per heavy atom. The summed E-state index contributed by atoms with van der Waals surface area (Å²) in [6.07, 6.45) is 3.77. The first kappa shape index (κ1) is 11.2. The smallest absolute Gasteiger partial charge is 0.231 e. The van der Waals surface area contributed by atoms with Crippen LogP contribution in [0.4, 0.5) is 17.8 Å². The molecule has 90 valence electrons. The lowest BCUT2D eigenvalue weighted by Gasteiger charge is -2.11. The fraction of sp³-hybridized carbons (Fsp3) is 0.300. The zero-order valence-electron chi connectivity index (χ0n) is 9.81. The SMILES string of the molecule is CN(C)c1nc(N)nc(NCc2cc[nH]c2)n1. The van der Waals surface area contributed by atoms with E-state index in [1.165, 1.54) is 0 Å².